The summed E-state index contributed by atoms with van der Waals surface area (Å²) in [5.74, 6) is -0.829. The lowest BCUT2D eigenvalue weighted by molar-refractivity contribution is -0.159. The molecule has 1 atom stereocenters. The molecule has 0 spiro atoms. The number of rotatable bonds is 7. The predicted molar refractivity (Wildman–Crippen MR) is 91.9 cm³/mol. The van der Waals surface area contributed by atoms with E-state index in [4.69, 9.17) is 4.74 Å². The van der Waals surface area contributed by atoms with Gasteiger partial charge in [-0.1, -0.05) is 29.8 Å². The van der Waals surface area contributed by atoms with Crippen molar-refractivity contribution >= 4 is 11.9 Å². The van der Waals surface area contributed by atoms with Crippen LogP contribution in [0.3, 0.4) is 0 Å². The van der Waals surface area contributed by atoms with Gasteiger partial charge in [-0.2, -0.15) is 0 Å². The molecule has 24 heavy (non-hydrogen) atoms. The molecule has 1 aromatic carbocycles. The lowest BCUT2D eigenvalue weighted by Gasteiger charge is -2.39. The summed E-state index contributed by atoms with van der Waals surface area (Å²) in [5, 5.41) is 9.55. The van der Waals surface area contributed by atoms with Crippen molar-refractivity contribution in [2.45, 2.75) is 39.0 Å². The highest BCUT2D eigenvalue weighted by Gasteiger charge is 2.43. The van der Waals surface area contributed by atoms with Crippen molar-refractivity contribution in [1.82, 2.24) is 4.90 Å². The normalized spacial score (nSPS) is 20.8. The molecule has 2 rings (SSSR count). The zero-order valence-electron chi connectivity index (χ0n) is 14.6. The van der Waals surface area contributed by atoms with Gasteiger partial charge in [-0.3, -0.25) is 9.59 Å². The Morgan fingerprint density at radius 3 is 2.62 bits per heavy atom. The second kappa shape index (κ2) is 8.29. The van der Waals surface area contributed by atoms with E-state index in [1.807, 2.05) is 0 Å². The van der Waals surface area contributed by atoms with Crippen molar-refractivity contribution in [3.8, 4) is 0 Å². The first-order valence-electron chi connectivity index (χ1n) is 8.52. The number of ether oxygens (including phenoxy) is 1. The number of benzene rings is 1. The smallest absolute Gasteiger partial charge is 0.313 e. The van der Waals surface area contributed by atoms with Crippen LogP contribution >= 0.6 is 0 Å². The van der Waals surface area contributed by atoms with E-state index in [-0.39, 0.29) is 19.1 Å². The Balaban J connectivity index is 1.87. The van der Waals surface area contributed by atoms with Crippen molar-refractivity contribution in [3.05, 3.63) is 35.4 Å². The molecule has 1 heterocycles. The minimum Gasteiger partial charge on any atom is -0.481 e. The highest BCUT2D eigenvalue weighted by Crippen LogP contribution is 2.31. The number of carboxylic acid groups (broad SMARTS) is 1. The molecule has 1 aliphatic heterocycles. The van der Waals surface area contributed by atoms with E-state index in [1.165, 1.54) is 18.2 Å². The van der Waals surface area contributed by atoms with E-state index in [9.17, 15) is 14.7 Å². The van der Waals surface area contributed by atoms with E-state index in [2.05, 4.69) is 31.2 Å². The van der Waals surface area contributed by atoms with Crippen LogP contribution < -0.4 is 0 Å². The number of aryl methyl sites for hydroxylation is 2. The molecule has 1 aliphatic rings. The fourth-order valence-electron chi connectivity index (χ4n) is 3.33. The number of likely N-dealkylation sites (tertiary alicyclic amines) is 1. The number of amides is 1. The number of aliphatic carboxylic acids is 1. The van der Waals surface area contributed by atoms with Gasteiger partial charge >= 0.3 is 5.97 Å². The number of piperidine rings is 1. The van der Waals surface area contributed by atoms with Gasteiger partial charge in [0.05, 0.1) is 6.61 Å². The zero-order chi connectivity index (χ0) is 17.6. The summed E-state index contributed by atoms with van der Waals surface area (Å²) >= 11 is 0. The van der Waals surface area contributed by atoms with Crippen LogP contribution in [0.4, 0.5) is 0 Å². The molecule has 1 amide bonds. The first kappa shape index (κ1) is 18.5. The van der Waals surface area contributed by atoms with Crippen LogP contribution in [0.25, 0.3) is 0 Å². The van der Waals surface area contributed by atoms with E-state index in [0.717, 1.165) is 12.8 Å². The summed E-state index contributed by atoms with van der Waals surface area (Å²) in [5.41, 5.74) is 1.50. The summed E-state index contributed by atoms with van der Waals surface area (Å²) in [6.07, 6.45) is 3.37. The number of carbonyl (C=O) groups is 2. The second-order valence-electron chi connectivity index (χ2n) is 6.78. The molecule has 1 saturated heterocycles. The Bertz CT molecular complexity index is 565. The summed E-state index contributed by atoms with van der Waals surface area (Å²) in [4.78, 5) is 25.8. The van der Waals surface area contributed by atoms with Crippen molar-refractivity contribution in [3.63, 3.8) is 0 Å². The van der Waals surface area contributed by atoms with Crippen LogP contribution in [0.5, 0.6) is 0 Å². The minimum absolute atomic E-state index is 0.0449. The highest BCUT2D eigenvalue weighted by molar-refractivity contribution is 5.79. The molecule has 5 nitrogen and oxygen atoms in total. The van der Waals surface area contributed by atoms with E-state index in [1.54, 1.807) is 4.90 Å². The molecule has 1 aromatic rings. The molecule has 0 radical (unpaired) electrons. The molecule has 132 valence electrons. The van der Waals surface area contributed by atoms with Crippen molar-refractivity contribution in [2.24, 2.45) is 5.41 Å². The van der Waals surface area contributed by atoms with Crippen LogP contribution in [-0.2, 0) is 20.7 Å². The Morgan fingerprint density at radius 2 is 2.00 bits per heavy atom. The van der Waals surface area contributed by atoms with Gasteiger partial charge in [0.1, 0.15) is 5.41 Å². The van der Waals surface area contributed by atoms with Crippen LogP contribution in [0.1, 0.15) is 36.8 Å². The second-order valence-corrected chi connectivity index (χ2v) is 6.78. The third kappa shape index (κ3) is 4.57. The summed E-state index contributed by atoms with van der Waals surface area (Å²) in [6, 6.07) is 8.34. The first-order valence-corrected chi connectivity index (χ1v) is 8.52. The molecule has 0 saturated carbocycles. The topological polar surface area (TPSA) is 66.8 Å². The van der Waals surface area contributed by atoms with E-state index >= 15 is 0 Å². The number of hydrogen-bond acceptors (Lipinski definition) is 3. The van der Waals surface area contributed by atoms with Gasteiger partial charge < -0.3 is 14.7 Å². The summed E-state index contributed by atoms with van der Waals surface area (Å²) in [7, 11) is 1.51. The largest absolute Gasteiger partial charge is 0.481 e. The molecule has 1 fully saturated rings. The van der Waals surface area contributed by atoms with Gasteiger partial charge in [-0.25, -0.2) is 0 Å². The van der Waals surface area contributed by atoms with Gasteiger partial charge in [-0.05, 0) is 38.2 Å². The third-order valence-corrected chi connectivity index (χ3v) is 4.78. The van der Waals surface area contributed by atoms with Gasteiger partial charge in [0, 0.05) is 26.6 Å². The Hall–Kier alpha value is -1.88. The highest BCUT2D eigenvalue weighted by atomic mass is 16.5. The van der Waals surface area contributed by atoms with Crippen molar-refractivity contribution in [1.29, 1.82) is 0 Å². The van der Waals surface area contributed by atoms with Crippen LogP contribution in [-0.4, -0.2) is 48.7 Å². The number of carboxylic acids is 1. The number of nitrogens with zero attached hydrogens (tertiary/aromatic N) is 1. The number of methoxy groups -OCH3 is 1. The Morgan fingerprint density at radius 1 is 1.29 bits per heavy atom. The maximum Gasteiger partial charge on any atom is 0.313 e. The molecule has 1 unspecified atom stereocenters. The zero-order valence-corrected chi connectivity index (χ0v) is 14.6. The van der Waals surface area contributed by atoms with E-state index in [0.29, 0.717) is 25.8 Å². The predicted octanol–water partition coefficient (Wildman–Crippen LogP) is 2.66. The van der Waals surface area contributed by atoms with Gasteiger partial charge in [-0.15, -0.1) is 0 Å². The van der Waals surface area contributed by atoms with Crippen LogP contribution in [0, 0.1) is 12.3 Å². The van der Waals surface area contributed by atoms with E-state index < -0.39 is 11.4 Å². The van der Waals surface area contributed by atoms with Gasteiger partial charge in [0.15, 0.2) is 0 Å². The molecule has 0 aromatic heterocycles. The van der Waals surface area contributed by atoms with Crippen LogP contribution in [0.15, 0.2) is 24.3 Å². The average molecular weight is 333 g/mol. The molecule has 0 aliphatic carbocycles. The molecule has 1 N–H and O–H groups in total. The fourth-order valence-corrected chi connectivity index (χ4v) is 3.33. The fraction of sp³-hybridized carbons (Fsp3) is 0.579. The van der Waals surface area contributed by atoms with Gasteiger partial charge in [0.2, 0.25) is 5.91 Å². The molecule has 0 bridgehead atoms. The molecular formula is C19H27NO4. The summed E-state index contributed by atoms with van der Waals surface area (Å²) < 4.78 is 5.10. The molecular weight excluding hydrogens is 306 g/mol. The minimum atomic E-state index is -0.959. The molecule has 5 heteroatoms. The Labute approximate surface area is 143 Å². The maximum absolute atomic E-state index is 12.4. The number of hydrogen-bond donors (Lipinski definition) is 1. The van der Waals surface area contributed by atoms with Crippen molar-refractivity contribution < 1.29 is 19.4 Å². The van der Waals surface area contributed by atoms with Crippen molar-refractivity contribution in [2.75, 3.05) is 26.8 Å². The first-order chi connectivity index (χ1) is 11.5. The Kier molecular flexibility index (Phi) is 6.37. The number of carbonyl (C=O) groups excluding carboxylic acids is 1. The van der Waals surface area contributed by atoms with Crippen LogP contribution in [0.2, 0.25) is 0 Å². The average Bonchev–Trinajstić information content (AvgIpc) is 2.57. The van der Waals surface area contributed by atoms with Gasteiger partial charge in [0.25, 0.3) is 0 Å². The quantitative estimate of drug-likeness (QED) is 0.833. The third-order valence-electron chi connectivity index (χ3n) is 4.78. The summed E-state index contributed by atoms with van der Waals surface area (Å²) in [6.45, 7) is 3.09. The SMILES string of the molecule is COCC1(C(=O)O)CCCN(C(=O)CCCc2ccc(C)cc2)C1. The lowest BCUT2D eigenvalue weighted by Crippen LogP contribution is -2.52. The lowest BCUT2D eigenvalue weighted by atomic mass is 9.80. The standard InChI is InChI=1S/C19H27NO4/c1-15-7-9-16(10-8-15)5-3-6-17(21)20-12-4-11-19(13-20,14-24-2)18(22)23/h7-10H,3-6,11-14H2,1-2H3,(H,22,23). The maximum atomic E-state index is 12.4. The monoisotopic (exact) mass is 333 g/mol.